The summed E-state index contributed by atoms with van der Waals surface area (Å²) in [5.41, 5.74) is 1.82. The Kier molecular flexibility index (Phi) is 9.08. The van der Waals surface area contributed by atoms with Gasteiger partial charge in [0.1, 0.15) is 5.75 Å². The number of aromatic hydroxyl groups is 1. The van der Waals surface area contributed by atoms with E-state index in [2.05, 4.69) is 15.9 Å². The van der Waals surface area contributed by atoms with Crippen LogP contribution in [0.1, 0.15) is 25.0 Å². The van der Waals surface area contributed by atoms with Gasteiger partial charge in [-0.15, -0.1) is 0 Å². The molecule has 1 radical (unpaired) electrons. The standard InChI is InChI=1S/C8H9BrO.C2H6.Re/c1-5-3-7(9)4-6(2)8(5)10;1-2;/h3-4,10H,1-2H3;1-2H3;. The fraction of sp³-hybridized carbons (Fsp3) is 0.400. The Balaban J connectivity index is 0. The molecule has 1 rings (SSSR count). The predicted molar refractivity (Wildman–Crippen MR) is 56.6 cm³/mol. The first-order valence-corrected chi connectivity index (χ1v) is 4.86. The van der Waals surface area contributed by atoms with Crippen LogP contribution in [0.4, 0.5) is 0 Å². The van der Waals surface area contributed by atoms with Crippen molar-refractivity contribution in [1.82, 2.24) is 0 Å². The first-order valence-electron chi connectivity index (χ1n) is 4.07. The van der Waals surface area contributed by atoms with E-state index in [0.29, 0.717) is 5.75 Å². The second-order valence-electron chi connectivity index (χ2n) is 2.39. The molecule has 0 aromatic heterocycles. The molecule has 0 bridgehead atoms. The van der Waals surface area contributed by atoms with Crippen LogP contribution < -0.4 is 0 Å². The Morgan fingerprint density at radius 2 is 1.38 bits per heavy atom. The van der Waals surface area contributed by atoms with Gasteiger partial charge in [-0.25, -0.2) is 0 Å². The molecule has 0 heterocycles. The number of hydrogen-bond donors (Lipinski definition) is 1. The van der Waals surface area contributed by atoms with Crippen molar-refractivity contribution >= 4 is 15.9 Å². The second kappa shape index (κ2) is 7.56. The molecule has 1 nitrogen and oxygen atoms in total. The van der Waals surface area contributed by atoms with Crippen LogP contribution >= 0.6 is 15.9 Å². The van der Waals surface area contributed by atoms with E-state index in [0.717, 1.165) is 15.6 Å². The number of aryl methyl sites for hydroxylation is 2. The predicted octanol–water partition coefficient (Wildman–Crippen LogP) is 3.80. The van der Waals surface area contributed by atoms with Crippen molar-refractivity contribution in [3.8, 4) is 5.75 Å². The van der Waals surface area contributed by atoms with Gasteiger partial charge in [0.15, 0.2) is 0 Å². The Hall–Kier alpha value is 0.162. The maximum absolute atomic E-state index is 9.31. The molecule has 1 N–H and O–H groups in total. The van der Waals surface area contributed by atoms with E-state index < -0.39 is 0 Å². The van der Waals surface area contributed by atoms with Crippen LogP contribution in [0, 0.1) is 13.8 Å². The Morgan fingerprint density at radius 3 is 1.69 bits per heavy atom. The molecule has 1 aromatic carbocycles. The topological polar surface area (TPSA) is 20.2 Å². The molecule has 13 heavy (non-hydrogen) atoms. The van der Waals surface area contributed by atoms with E-state index in [1.807, 2.05) is 39.8 Å². The summed E-state index contributed by atoms with van der Waals surface area (Å²) >= 11 is 3.34. The molecule has 0 unspecified atom stereocenters. The van der Waals surface area contributed by atoms with Gasteiger partial charge in [-0.2, -0.15) is 0 Å². The van der Waals surface area contributed by atoms with Crippen molar-refractivity contribution in [2.24, 2.45) is 0 Å². The molecule has 0 amide bonds. The zero-order valence-electron chi connectivity index (χ0n) is 8.36. The van der Waals surface area contributed by atoms with Gasteiger partial charge < -0.3 is 5.11 Å². The van der Waals surface area contributed by atoms with Gasteiger partial charge in [0.25, 0.3) is 0 Å². The maximum atomic E-state index is 9.31. The van der Waals surface area contributed by atoms with E-state index in [1.165, 1.54) is 0 Å². The monoisotopic (exact) mass is 417 g/mol. The minimum Gasteiger partial charge on any atom is -0.507 e. The van der Waals surface area contributed by atoms with Gasteiger partial charge in [-0.05, 0) is 37.1 Å². The maximum Gasteiger partial charge on any atom is 0.121 e. The largest absolute Gasteiger partial charge is 0.507 e. The zero-order valence-corrected chi connectivity index (χ0v) is 12.7. The van der Waals surface area contributed by atoms with Crippen LogP contribution in [0.3, 0.4) is 0 Å². The molecule has 75 valence electrons. The van der Waals surface area contributed by atoms with Crippen LogP contribution in [0.2, 0.25) is 0 Å². The smallest absolute Gasteiger partial charge is 0.121 e. The number of halogens is 1. The average Bonchev–Trinajstić information content (AvgIpc) is 2.04. The van der Waals surface area contributed by atoms with Crippen LogP contribution in [-0.4, -0.2) is 5.11 Å². The number of benzene rings is 1. The summed E-state index contributed by atoms with van der Waals surface area (Å²) in [6, 6.07) is 3.78. The minimum absolute atomic E-state index is 0. The number of phenols is 1. The van der Waals surface area contributed by atoms with Crippen molar-refractivity contribution in [3.05, 3.63) is 27.7 Å². The fourth-order valence-corrected chi connectivity index (χ4v) is 1.59. The van der Waals surface area contributed by atoms with Crippen molar-refractivity contribution in [1.29, 1.82) is 0 Å². The normalized spacial score (nSPS) is 8.08. The molecule has 0 fully saturated rings. The fourth-order valence-electron chi connectivity index (χ4n) is 0.903. The van der Waals surface area contributed by atoms with Crippen LogP contribution in [0.15, 0.2) is 16.6 Å². The molecule has 0 saturated carbocycles. The summed E-state index contributed by atoms with van der Waals surface area (Å²) in [6.07, 6.45) is 0. The van der Waals surface area contributed by atoms with Gasteiger partial charge in [-0.3, -0.25) is 0 Å². The van der Waals surface area contributed by atoms with Crippen LogP contribution in [0.25, 0.3) is 0 Å². The quantitative estimate of drug-likeness (QED) is 0.681. The van der Waals surface area contributed by atoms with Crippen molar-refractivity contribution in [3.63, 3.8) is 0 Å². The molecule has 3 heteroatoms. The van der Waals surface area contributed by atoms with E-state index in [4.69, 9.17) is 0 Å². The van der Waals surface area contributed by atoms with E-state index in [9.17, 15) is 5.11 Å². The van der Waals surface area contributed by atoms with Crippen LogP contribution in [-0.2, 0) is 20.4 Å². The molecule has 1 aromatic rings. The van der Waals surface area contributed by atoms with Gasteiger partial charge in [0, 0.05) is 24.9 Å². The average molecular weight is 417 g/mol. The third kappa shape index (κ3) is 4.81. The number of hydrogen-bond acceptors (Lipinski definition) is 1. The summed E-state index contributed by atoms with van der Waals surface area (Å²) in [7, 11) is 0. The Labute approximate surface area is 102 Å². The van der Waals surface area contributed by atoms with Crippen LogP contribution in [0.5, 0.6) is 5.75 Å². The third-order valence-corrected chi connectivity index (χ3v) is 1.91. The summed E-state index contributed by atoms with van der Waals surface area (Å²) in [6.45, 7) is 7.76. The first-order chi connectivity index (χ1) is 5.61. The molecule has 0 aliphatic carbocycles. The zero-order chi connectivity index (χ0) is 9.72. The molecular formula is C10H15BrORe. The van der Waals surface area contributed by atoms with Gasteiger partial charge in [0.2, 0.25) is 0 Å². The molecule has 0 aliphatic heterocycles. The first kappa shape index (κ1) is 15.6. The van der Waals surface area contributed by atoms with Gasteiger partial charge in [0.05, 0.1) is 0 Å². The Morgan fingerprint density at radius 1 is 1.08 bits per heavy atom. The van der Waals surface area contributed by atoms with Crippen molar-refractivity contribution < 1.29 is 25.5 Å². The molecule has 0 saturated heterocycles. The second-order valence-corrected chi connectivity index (χ2v) is 3.30. The molecule has 0 spiro atoms. The summed E-state index contributed by atoms with van der Waals surface area (Å²) in [5.74, 6) is 0.392. The summed E-state index contributed by atoms with van der Waals surface area (Å²) in [4.78, 5) is 0. The molecule has 0 atom stereocenters. The van der Waals surface area contributed by atoms with Gasteiger partial charge in [-0.1, -0.05) is 29.8 Å². The summed E-state index contributed by atoms with van der Waals surface area (Å²) in [5, 5.41) is 9.31. The third-order valence-electron chi connectivity index (χ3n) is 1.46. The summed E-state index contributed by atoms with van der Waals surface area (Å²) < 4.78 is 1.01. The number of phenolic OH excluding ortho intramolecular Hbond substituents is 1. The van der Waals surface area contributed by atoms with E-state index in [-0.39, 0.29) is 20.4 Å². The van der Waals surface area contributed by atoms with Crippen molar-refractivity contribution in [2.45, 2.75) is 27.7 Å². The van der Waals surface area contributed by atoms with Gasteiger partial charge >= 0.3 is 0 Å². The number of rotatable bonds is 0. The SMILES string of the molecule is CC.Cc1cc(Br)cc(C)c1O.[Re]. The molecular weight excluding hydrogens is 402 g/mol. The van der Waals surface area contributed by atoms with E-state index >= 15 is 0 Å². The minimum atomic E-state index is 0. The molecule has 0 aliphatic rings. The van der Waals surface area contributed by atoms with Crippen molar-refractivity contribution in [2.75, 3.05) is 0 Å². The Bertz CT molecular complexity index is 238. The van der Waals surface area contributed by atoms with E-state index in [1.54, 1.807) is 0 Å².